The van der Waals surface area contributed by atoms with E-state index in [-0.39, 0.29) is 31.8 Å². The summed E-state index contributed by atoms with van der Waals surface area (Å²) >= 11 is 4.60. The van der Waals surface area contributed by atoms with Crippen molar-refractivity contribution in [1.29, 1.82) is 0 Å². The normalized spacial score (nSPS) is 21.9. The molecular weight excluding hydrogens is 525 g/mol. The number of allylic oxidation sites excluding steroid dienone is 2. The van der Waals surface area contributed by atoms with Gasteiger partial charge < -0.3 is 5.11 Å². The molecule has 0 bridgehead atoms. The molecule has 0 radical (unpaired) electrons. The summed E-state index contributed by atoms with van der Waals surface area (Å²) < 4.78 is -0.00263. The van der Waals surface area contributed by atoms with Crippen LogP contribution in [0.5, 0.6) is 0 Å². The van der Waals surface area contributed by atoms with E-state index in [2.05, 4.69) is 127 Å². The molecular formula is C37H70OS2. The molecule has 1 fully saturated rings. The van der Waals surface area contributed by atoms with Crippen LogP contribution < -0.4 is 0 Å². The van der Waals surface area contributed by atoms with Crippen molar-refractivity contribution in [3.05, 3.63) is 24.3 Å². The fourth-order valence-electron chi connectivity index (χ4n) is 7.21. The molecule has 0 aromatic heterocycles. The van der Waals surface area contributed by atoms with Crippen LogP contribution in [0.3, 0.4) is 0 Å². The molecule has 0 heterocycles. The lowest BCUT2D eigenvalue weighted by Crippen LogP contribution is -2.53. The Labute approximate surface area is 261 Å². The fourth-order valence-corrected chi connectivity index (χ4v) is 8.27. The Balaban J connectivity index is 3.28. The van der Waals surface area contributed by atoms with Gasteiger partial charge in [0.2, 0.25) is 0 Å². The first kappa shape index (κ1) is 38.2. The molecule has 4 atom stereocenters. The standard InChI is InChI=1S/C37H70OS2/c1-17-34(13,25-29-21-22-29)23-20-24-35(14,18-2)32(9,10)27-36(15,19-3)37(16,38)28(4)30(5,6)26-31(7,8)33(11,12)40-39/h20,24,29,38-39H,4,17-19,21-23,25-27H2,1-3,5-16H3. The largest absolute Gasteiger partial charge is 0.385 e. The van der Waals surface area contributed by atoms with Gasteiger partial charge in [-0.15, -0.1) is 11.7 Å². The van der Waals surface area contributed by atoms with Crippen molar-refractivity contribution >= 4 is 22.5 Å². The van der Waals surface area contributed by atoms with Crippen LogP contribution in [0, 0.1) is 38.4 Å². The molecule has 0 aliphatic heterocycles. The van der Waals surface area contributed by atoms with Gasteiger partial charge >= 0.3 is 0 Å². The van der Waals surface area contributed by atoms with E-state index in [4.69, 9.17) is 0 Å². The first-order valence-electron chi connectivity index (χ1n) is 16.3. The highest BCUT2D eigenvalue weighted by Crippen LogP contribution is 2.58. The maximum Gasteiger partial charge on any atom is 0.0884 e. The van der Waals surface area contributed by atoms with Crippen molar-refractivity contribution in [2.75, 3.05) is 0 Å². The van der Waals surface area contributed by atoms with Crippen LogP contribution in [0.15, 0.2) is 24.3 Å². The molecule has 0 spiro atoms. The lowest BCUT2D eigenvalue weighted by atomic mass is 9.52. The summed E-state index contributed by atoms with van der Waals surface area (Å²) in [5.41, 5.74) is -0.107. The van der Waals surface area contributed by atoms with Crippen molar-refractivity contribution in [3.8, 4) is 0 Å². The average Bonchev–Trinajstić information content (AvgIpc) is 3.65. The van der Waals surface area contributed by atoms with Crippen molar-refractivity contribution in [2.45, 2.75) is 172 Å². The summed E-state index contributed by atoms with van der Waals surface area (Å²) in [6.45, 7) is 39.5. The van der Waals surface area contributed by atoms with Gasteiger partial charge in [0.25, 0.3) is 0 Å². The predicted octanol–water partition coefficient (Wildman–Crippen LogP) is 12.5. The number of thiol groups is 1. The summed E-state index contributed by atoms with van der Waals surface area (Å²) in [6, 6.07) is 0. The first-order chi connectivity index (χ1) is 17.8. The highest BCUT2D eigenvalue weighted by molar-refractivity contribution is 8.69. The second kappa shape index (κ2) is 13.0. The highest BCUT2D eigenvalue weighted by atomic mass is 33.1. The Morgan fingerprint density at radius 1 is 0.825 bits per heavy atom. The van der Waals surface area contributed by atoms with Crippen LogP contribution in [-0.2, 0) is 0 Å². The highest BCUT2D eigenvalue weighted by Gasteiger charge is 2.53. The fraction of sp³-hybridized carbons (Fsp3) is 0.892. The van der Waals surface area contributed by atoms with Gasteiger partial charge in [0.1, 0.15) is 0 Å². The van der Waals surface area contributed by atoms with E-state index >= 15 is 0 Å². The van der Waals surface area contributed by atoms with Crippen molar-refractivity contribution in [3.63, 3.8) is 0 Å². The molecule has 4 unspecified atom stereocenters. The van der Waals surface area contributed by atoms with Gasteiger partial charge in [-0.3, -0.25) is 0 Å². The van der Waals surface area contributed by atoms with Gasteiger partial charge in [-0.05, 0) is 97.9 Å². The maximum absolute atomic E-state index is 12.5. The number of aliphatic hydroxyl groups is 1. The average molecular weight is 595 g/mol. The zero-order valence-electron chi connectivity index (χ0n) is 29.6. The minimum atomic E-state index is -1.000. The lowest BCUT2D eigenvalue weighted by Gasteiger charge is -2.55. The van der Waals surface area contributed by atoms with E-state index in [1.165, 1.54) is 25.7 Å². The monoisotopic (exact) mass is 594 g/mol. The zero-order chi connectivity index (χ0) is 31.6. The molecule has 1 nitrogen and oxygen atoms in total. The molecule has 40 heavy (non-hydrogen) atoms. The first-order valence-corrected chi connectivity index (χ1v) is 18.1. The van der Waals surface area contributed by atoms with Crippen molar-refractivity contribution in [1.82, 2.24) is 0 Å². The zero-order valence-corrected chi connectivity index (χ0v) is 31.3. The molecule has 0 aromatic rings. The van der Waals surface area contributed by atoms with E-state index in [0.717, 1.165) is 43.6 Å². The van der Waals surface area contributed by atoms with Crippen LogP contribution in [0.4, 0.5) is 0 Å². The predicted molar refractivity (Wildman–Crippen MR) is 187 cm³/mol. The molecule has 0 amide bonds. The lowest BCUT2D eigenvalue weighted by molar-refractivity contribution is -0.0837. The molecule has 1 aliphatic carbocycles. The van der Waals surface area contributed by atoms with Crippen LogP contribution >= 0.6 is 22.5 Å². The molecule has 3 heteroatoms. The second-order valence-electron chi connectivity index (χ2n) is 17.3. The summed E-state index contributed by atoms with van der Waals surface area (Å²) in [6.07, 6.45) is 15.5. The smallest absolute Gasteiger partial charge is 0.0884 e. The van der Waals surface area contributed by atoms with Gasteiger partial charge in [0, 0.05) is 10.2 Å². The summed E-state index contributed by atoms with van der Waals surface area (Å²) in [7, 11) is 1.63. The number of hydrogen-bond donors (Lipinski definition) is 2. The van der Waals surface area contributed by atoms with E-state index in [9.17, 15) is 5.11 Å². The summed E-state index contributed by atoms with van der Waals surface area (Å²) in [4.78, 5) is 0. The molecule has 1 N–H and O–H groups in total. The molecule has 1 aliphatic rings. The number of hydrogen-bond acceptors (Lipinski definition) is 3. The Morgan fingerprint density at radius 2 is 1.35 bits per heavy atom. The Hall–Kier alpha value is 0.140. The van der Waals surface area contributed by atoms with Crippen LogP contribution in [0.1, 0.15) is 162 Å². The van der Waals surface area contributed by atoms with E-state index in [0.29, 0.717) is 5.41 Å². The summed E-state index contributed by atoms with van der Waals surface area (Å²) in [5.74, 6) is 0.963. The minimum absolute atomic E-state index is 0.000458. The SMILES string of the molecule is C=C(C(C)(C)CC(C)(C)C(C)(C)SS)C(C)(O)C(C)(CC)CC(C)(C)C(C)(C=CCC(C)(CC)CC1CC1)CC. The van der Waals surface area contributed by atoms with Gasteiger partial charge in [0.05, 0.1) is 5.60 Å². The Kier molecular flexibility index (Phi) is 12.4. The Bertz CT molecular complexity index is 875. The second-order valence-corrected chi connectivity index (χ2v) is 19.0. The van der Waals surface area contributed by atoms with Crippen molar-refractivity contribution in [2.24, 2.45) is 38.4 Å². The quantitative estimate of drug-likeness (QED) is 0.0935. The third-order valence-electron chi connectivity index (χ3n) is 12.6. The van der Waals surface area contributed by atoms with E-state index in [1.54, 1.807) is 10.8 Å². The molecule has 1 rings (SSSR count). The third kappa shape index (κ3) is 8.40. The van der Waals surface area contributed by atoms with Crippen molar-refractivity contribution < 1.29 is 5.11 Å². The van der Waals surface area contributed by atoms with Crippen LogP contribution in [-0.4, -0.2) is 15.5 Å². The van der Waals surface area contributed by atoms with Crippen LogP contribution in [0.2, 0.25) is 0 Å². The van der Waals surface area contributed by atoms with Gasteiger partial charge in [-0.1, -0.05) is 132 Å². The van der Waals surface area contributed by atoms with E-state index in [1.807, 2.05) is 6.92 Å². The number of rotatable bonds is 18. The van der Waals surface area contributed by atoms with Gasteiger partial charge in [-0.2, -0.15) is 0 Å². The maximum atomic E-state index is 12.5. The van der Waals surface area contributed by atoms with E-state index < -0.39 is 5.60 Å². The topological polar surface area (TPSA) is 20.2 Å². The molecule has 236 valence electrons. The summed E-state index contributed by atoms with van der Waals surface area (Å²) in [5, 5.41) is 12.5. The third-order valence-corrected chi connectivity index (χ3v) is 15.0. The van der Waals surface area contributed by atoms with Gasteiger partial charge in [-0.25, -0.2) is 0 Å². The minimum Gasteiger partial charge on any atom is -0.385 e. The molecule has 0 aromatic carbocycles. The molecule has 0 saturated heterocycles. The molecule has 1 saturated carbocycles. The Morgan fingerprint density at radius 3 is 1.75 bits per heavy atom. The van der Waals surface area contributed by atoms with Crippen LogP contribution in [0.25, 0.3) is 0 Å². The van der Waals surface area contributed by atoms with Gasteiger partial charge in [0.15, 0.2) is 0 Å².